The molecule has 1 rings (SSSR count). The lowest BCUT2D eigenvalue weighted by molar-refractivity contribution is -0.119. The zero-order chi connectivity index (χ0) is 12.1. The van der Waals surface area contributed by atoms with Crippen LogP contribution in [-0.2, 0) is 4.79 Å². The Bertz CT molecular complexity index is 398. The second kappa shape index (κ2) is 5.55. The molecule has 0 fully saturated rings. The summed E-state index contributed by atoms with van der Waals surface area (Å²) in [4.78, 5) is 11.2. The van der Waals surface area contributed by atoms with Crippen molar-refractivity contribution in [3.8, 4) is 0 Å². The Hall–Kier alpha value is -1.49. The normalized spacial score (nSPS) is 9.94. The number of amides is 1. The van der Waals surface area contributed by atoms with E-state index in [1.165, 1.54) is 6.07 Å². The van der Waals surface area contributed by atoms with Crippen LogP contribution in [0, 0.1) is 5.82 Å². The number of nitrogens with two attached hydrogens (primary N) is 1. The number of anilines is 2. The molecule has 0 aliphatic carbocycles. The third-order valence-corrected chi connectivity index (χ3v) is 2.20. The molecule has 0 spiro atoms. The first-order valence-corrected chi connectivity index (χ1v) is 5.17. The number of hydrogen-bond donors (Lipinski definition) is 3. The summed E-state index contributed by atoms with van der Waals surface area (Å²) in [5, 5.41) is 5.35. The number of likely N-dealkylation sites (N-methyl/N-ethyl adjacent to an activating group) is 1. The lowest BCUT2D eigenvalue weighted by Gasteiger charge is -2.09. The van der Waals surface area contributed by atoms with E-state index in [0.29, 0.717) is 12.2 Å². The van der Waals surface area contributed by atoms with E-state index in [1.54, 1.807) is 0 Å². The van der Waals surface area contributed by atoms with Crippen LogP contribution >= 0.6 is 11.6 Å². The predicted octanol–water partition coefficient (Wildman–Crippen LogP) is 1.61. The molecule has 1 amide bonds. The van der Waals surface area contributed by atoms with Gasteiger partial charge in [-0.25, -0.2) is 4.39 Å². The highest BCUT2D eigenvalue weighted by Gasteiger charge is 2.07. The van der Waals surface area contributed by atoms with Crippen molar-refractivity contribution in [1.82, 2.24) is 5.32 Å². The Morgan fingerprint density at radius 2 is 2.25 bits per heavy atom. The summed E-state index contributed by atoms with van der Waals surface area (Å²) < 4.78 is 13.0. The van der Waals surface area contributed by atoms with Crippen LogP contribution in [0.15, 0.2) is 12.1 Å². The van der Waals surface area contributed by atoms with Crippen molar-refractivity contribution >= 4 is 28.9 Å². The number of hydrogen-bond acceptors (Lipinski definition) is 3. The molecule has 1 aromatic rings. The van der Waals surface area contributed by atoms with E-state index in [0.717, 1.165) is 6.07 Å². The Balaban J connectivity index is 2.67. The minimum absolute atomic E-state index is 0.0346. The third-order valence-electron chi connectivity index (χ3n) is 1.91. The lowest BCUT2D eigenvalue weighted by atomic mass is 10.2. The van der Waals surface area contributed by atoms with Crippen molar-refractivity contribution in [2.45, 2.75) is 6.92 Å². The average Bonchev–Trinajstić information content (AvgIpc) is 2.22. The second-order valence-corrected chi connectivity index (χ2v) is 3.57. The Labute approximate surface area is 98.0 Å². The van der Waals surface area contributed by atoms with Crippen LogP contribution in [-0.4, -0.2) is 19.0 Å². The van der Waals surface area contributed by atoms with E-state index in [2.05, 4.69) is 10.6 Å². The van der Waals surface area contributed by atoms with Gasteiger partial charge in [-0.15, -0.1) is 0 Å². The van der Waals surface area contributed by atoms with E-state index >= 15 is 0 Å². The quantitative estimate of drug-likeness (QED) is 0.706. The fourth-order valence-electron chi connectivity index (χ4n) is 1.15. The van der Waals surface area contributed by atoms with E-state index < -0.39 is 5.82 Å². The van der Waals surface area contributed by atoms with Crippen molar-refractivity contribution in [2.24, 2.45) is 0 Å². The molecular weight excluding hydrogens is 233 g/mol. The summed E-state index contributed by atoms with van der Waals surface area (Å²) in [6, 6.07) is 2.47. The average molecular weight is 246 g/mol. The van der Waals surface area contributed by atoms with Gasteiger partial charge in [0.15, 0.2) is 0 Å². The highest BCUT2D eigenvalue weighted by atomic mass is 35.5. The fourth-order valence-corrected chi connectivity index (χ4v) is 1.31. The molecule has 0 aliphatic rings. The molecule has 6 heteroatoms. The van der Waals surface area contributed by atoms with Crippen LogP contribution < -0.4 is 16.4 Å². The van der Waals surface area contributed by atoms with Gasteiger partial charge in [-0.3, -0.25) is 4.79 Å². The van der Waals surface area contributed by atoms with Crippen LogP contribution in [0.3, 0.4) is 0 Å². The maximum atomic E-state index is 13.0. The fraction of sp³-hybridized carbons (Fsp3) is 0.300. The maximum Gasteiger partial charge on any atom is 0.239 e. The van der Waals surface area contributed by atoms with Gasteiger partial charge >= 0.3 is 0 Å². The van der Waals surface area contributed by atoms with Gasteiger partial charge in [0.1, 0.15) is 5.82 Å². The molecule has 0 atom stereocenters. The first kappa shape index (κ1) is 12.6. The molecule has 4 nitrogen and oxygen atoms in total. The number of carbonyl (C=O) groups excluding carboxylic acids is 1. The first-order valence-electron chi connectivity index (χ1n) is 4.79. The number of benzene rings is 1. The van der Waals surface area contributed by atoms with Crippen LogP contribution in [0.4, 0.5) is 15.8 Å². The SMILES string of the molecule is CCNC(=O)CNc1cc(Cl)c(F)cc1N. The van der Waals surface area contributed by atoms with Crippen molar-refractivity contribution in [3.05, 3.63) is 23.0 Å². The highest BCUT2D eigenvalue weighted by Crippen LogP contribution is 2.25. The molecule has 0 bridgehead atoms. The van der Waals surface area contributed by atoms with Crippen LogP contribution in [0.5, 0.6) is 0 Å². The summed E-state index contributed by atoms with van der Waals surface area (Å²) >= 11 is 5.59. The van der Waals surface area contributed by atoms with Gasteiger partial charge in [0.05, 0.1) is 22.9 Å². The summed E-state index contributed by atoms with van der Waals surface area (Å²) in [6.45, 7) is 2.45. The maximum absolute atomic E-state index is 13.0. The number of carbonyl (C=O) groups is 1. The topological polar surface area (TPSA) is 67.2 Å². The third kappa shape index (κ3) is 3.27. The zero-order valence-electron chi connectivity index (χ0n) is 8.81. The van der Waals surface area contributed by atoms with Gasteiger partial charge in [-0.05, 0) is 13.0 Å². The van der Waals surface area contributed by atoms with Gasteiger partial charge in [0, 0.05) is 12.6 Å². The van der Waals surface area contributed by atoms with Gasteiger partial charge in [0.25, 0.3) is 0 Å². The van der Waals surface area contributed by atoms with Gasteiger partial charge < -0.3 is 16.4 Å². The number of rotatable bonds is 4. The molecular formula is C10H13ClFN3O. The van der Waals surface area contributed by atoms with Crippen molar-refractivity contribution < 1.29 is 9.18 Å². The van der Waals surface area contributed by atoms with Gasteiger partial charge in [-0.2, -0.15) is 0 Å². The Morgan fingerprint density at radius 3 is 2.88 bits per heavy atom. The van der Waals surface area contributed by atoms with E-state index in [4.69, 9.17) is 17.3 Å². The molecule has 0 aliphatic heterocycles. The van der Waals surface area contributed by atoms with Crippen LogP contribution in [0.1, 0.15) is 6.92 Å². The molecule has 0 saturated heterocycles. The molecule has 16 heavy (non-hydrogen) atoms. The largest absolute Gasteiger partial charge is 0.397 e. The molecule has 0 aromatic heterocycles. The van der Waals surface area contributed by atoms with E-state index in [1.807, 2.05) is 6.92 Å². The standard InChI is InChI=1S/C10H13ClFN3O/c1-2-14-10(16)5-15-9-3-6(11)7(12)4-8(9)13/h3-4,15H,2,5,13H2,1H3,(H,14,16). The van der Waals surface area contributed by atoms with Crippen molar-refractivity contribution in [2.75, 3.05) is 24.1 Å². The Morgan fingerprint density at radius 1 is 1.56 bits per heavy atom. The smallest absolute Gasteiger partial charge is 0.239 e. The van der Waals surface area contributed by atoms with Crippen molar-refractivity contribution in [1.29, 1.82) is 0 Å². The number of halogens is 2. The van der Waals surface area contributed by atoms with Gasteiger partial charge in [-0.1, -0.05) is 11.6 Å². The Kier molecular flexibility index (Phi) is 4.37. The summed E-state index contributed by atoms with van der Waals surface area (Å²) in [6.07, 6.45) is 0. The summed E-state index contributed by atoms with van der Waals surface area (Å²) in [5.74, 6) is -0.745. The minimum Gasteiger partial charge on any atom is -0.397 e. The van der Waals surface area contributed by atoms with E-state index in [-0.39, 0.29) is 23.2 Å². The monoisotopic (exact) mass is 245 g/mol. The van der Waals surface area contributed by atoms with Crippen LogP contribution in [0.2, 0.25) is 5.02 Å². The first-order chi connectivity index (χ1) is 7.54. The highest BCUT2D eigenvalue weighted by molar-refractivity contribution is 6.31. The molecule has 0 heterocycles. The molecule has 4 N–H and O–H groups in total. The molecule has 88 valence electrons. The lowest BCUT2D eigenvalue weighted by Crippen LogP contribution is -2.29. The zero-order valence-corrected chi connectivity index (χ0v) is 9.57. The van der Waals surface area contributed by atoms with Crippen molar-refractivity contribution in [3.63, 3.8) is 0 Å². The summed E-state index contributed by atoms with van der Waals surface area (Å²) in [5.41, 5.74) is 6.21. The molecule has 1 aromatic carbocycles. The summed E-state index contributed by atoms with van der Waals surface area (Å²) in [7, 11) is 0. The molecule has 0 saturated carbocycles. The van der Waals surface area contributed by atoms with E-state index in [9.17, 15) is 9.18 Å². The van der Waals surface area contributed by atoms with Crippen LogP contribution in [0.25, 0.3) is 0 Å². The second-order valence-electron chi connectivity index (χ2n) is 3.16. The molecule has 0 unspecified atom stereocenters. The minimum atomic E-state index is -0.581. The predicted molar refractivity (Wildman–Crippen MR) is 63.0 cm³/mol. The van der Waals surface area contributed by atoms with Gasteiger partial charge in [0.2, 0.25) is 5.91 Å². The molecule has 0 radical (unpaired) electrons. The number of nitrogen functional groups attached to an aromatic ring is 1. The number of nitrogens with one attached hydrogen (secondary N) is 2.